The monoisotopic (exact) mass is 373 g/mol. The third kappa shape index (κ3) is 3.85. The minimum absolute atomic E-state index is 0.144. The molecule has 0 aromatic carbocycles. The molecule has 0 radical (unpaired) electrons. The smallest absolute Gasteiger partial charge is 0.261 e. The van der Waals surface area contributed by atoms with Crippen LogP contribution in [0.3, 0.4) is 0 Å². The fraction of sp³-hybridized carbons (Fsp3) is 0.762. The van der Waals surface area contributed by atoms with Crippen LogP contribution in [0.2, 0.25) is 0 Å². The lowest BCUT2D eigenvalue weighted by atomic mass is 10.0. The first-order chi connectivity index (χ1) is 12.8. The minimum Gasteiger partial charge on any atom is -0.349 e. The third-order valence-electron chi connectivity index (χ3n) is 6.80. The Hall–Kier alpha value is -0.910. The van der Waals surface area contributed by atoms with Crippen LogP contribution in [0, 0.1) is 0 Å². The van der Waals surface area contributed by atoms with Crippen molar-refractivity contribution in [3.05, 3.63) is 21.9 Å². The van der Waals surface area contributed by atoms with E-state index in [1.807, 2.05) is 0 Å². The minimum atomic E-state index is 0.144. The van der Waals surface area contributed by atoms with Crippen molar-refractivity contribution in [2.45, 2.75) is 87.9 Å². The number of nitrogens with zero attached hydrogens (tertiary/aromatic N) is 1. The summed E-state index contributed by atoms with van der Waals surface area (Å²) >= 11 is 1.62. The zero-order chi connectivity index (χ0) is 17.5. The summed E-state index contributed by atoms with van der Waals surface area (Å²) in [5.41, 5.74) is 1.37. The van der Waals surface area contributed by atoms with Crippen LogP contribution in [0.4, 0.5) is 0 Å². The molecule has 1 aromatic rings. The van der Waals surface area contributed by atoms with Gasteiger partial charge in [0.1, 0.15) is 0 Å². The molecule has 2 atom stereocenters. The van der Waals surface area contributed by atoms with Crippen molar-refractivity contribution in [1.82, 2.24) is 15.5 Å². The first-order valence-electron chi connectivity index (χ1n) is 10.7. The Morgan fingerprint density at radius 1 is 1.04 bits per heavy atom. The standard InChI is InChI=1S/C21H31N3OS/c25-21(23-15-3-1-2-4-15)20-11-14(13-26-20)18-12-19(18)22-16-7-9-24(10-8-16)17-5-6-17/h11,13,15-19,22H,1-10,12H2,(H,23,25). The van der Waals surface area contributed by atoms with Gasteiger partial charge >= 0.3 is 0 Å². The zero-order valence-electron chi connectivity index (χ0n) is 15.6. The largest absolute Gasteiger partial charge is 0.349 e. The van der Waals surface area contributed by atoms with Crippen molar-refractivity contribution < 1.29 is 4.79 Å². The lowest BCUT2D eigenvalue weighted by Gasteiger charge is -2.32. The lowest BCUT2D eigenvalue weighted by Crippen LogP contribution is -2.44. The SMILES string of the molecule is O=C(NC1CCCC1)c1cc(C2CC2NC2CCN(C3CC3)CC2)cs1. The summed E-state index contributed by atoms with van der Waals surface area (Å²) in [5.74, 6) is 0.770. The Bertz CT molecular complexity index is 641. The highest BCUT2D eigenvalue weighted by molar-refractivity contribution is 7.12. The van der Waals surface area contributed by atoms with Crippen molar-refractivity contribution in [1.29, 1.82) is 0 Å². The fourth-order valence-electron chi connectivity index (χ4n) is 4.91. The molecule has 0 bridgehead atoms. The number of carbonyl (C=O) groups excluding carboxylic acids is 1. The normalized spacial score (nSPS) is 30.6. The van der Waals surface area contributed by atoms with E-state index < -0.39 is 0 Å². The van der Waals surface area contributed by atoms with Crippen LogP contribution in [0.1, 0.15) is 78.9 Å². The third-order valence-corrected chi connectivity index (χ3v) is 7.74. The predicted molar refractivity (Wildman–Crippen MR) is 106 cm³/mol. The lowest BCUT2D eigenvalue weighted by molar-refractivity contribution is 0.0942. The quantitative estimate of drug-likeness (QED) is 0.802. The molecule has 3 aliphatic carbocycles. The maximum absolute atomic E-state index is 12.4. The van der Waals surface area contributed by atoms with Crippen LogP contribution >= 0.6 is 11.3 Å². The molecule has 2 heterocycles. The number of piperidine rings is 1. The van der Waals surface area contributed by atoms with Gasteiger partial charge in [-0.25, -0.2) is 0 Å². The van der Waals surface area contributed by atoms with Gasteiger partial charge in [0.05, 0.1) is 4.88 Å². The number of nitrogens with one attached hydrogen (secondary N) is 2. The van der Waals surface area contributed by atoms with E-state index in [-0.39, 0.29) is 5.91 Å². The summed E-state index contributed by atoms with van der Waals surface area (Å²) in [6.45, 7) is 2.56. The van der Waals surface area contributed by atoms with E-state index in [1.165, 1.54) is 63.6 Å². The van der Waals surface area contributed by atoms with Gasteiger partial charge in [0.2, 0.25) is 0 Å². The van der Waals surface area contributed by atoms with Gasteiger partial charge in [-0.15, -0.1) is 11.3 Å². The van der Waals surface area contributed by atoms with Crippen molar-refractivity contribution in [2.24, 2.45) is 0 Å². The Balaban J connectivity index is 1.09. The van der Waals surface area contributed by atoms with Crippen molar-refractivity contribution >= 4 is 17.2 Å². The maximum atomic E-state index is 12.4. The number of likely N-dealkylation sites (tertiary alicyclic amines) is 1. The molecule has 1 amide bonds. The summed E-state index contributed by atoms with van der Waals surface area (Å²) in [5, 5.41) is 9.32. The molecule has 1 aromatic heterocycles. The van der Waals surface area contributed by atoms with Crippen molar-refractivity contribution in [3.63, 3.8) is 0 Å². The first-order valence-corrected chi connectivity index (χ1v) is 11.5. The summed E-state index contributed by atoms with van der Waals surface area (Å²) in [6, 6.07) is 4.81. The summed E-state index contributed by atoms with van der Waals surface area (Å²) in [7, 11) is 0. The molecule has 2 N–H and O–H groups in total. The second-order valence-corrected chi connectivity index (χ2v) is 9.77. The molecule has 1 aliphatic heterocycles. The summed E-state index contributed by atoms with van der Waals surface area (Å²) in [4.78, 5) is 16.0. The number of carbonyl (C=O) groups is 1. The van der Waals surface area contributed by atoms with Crippen LogP contribution in [0.5, 0.6) is 0 Å². The second-order valence-electron chi connectivity index (χ2n) is 8.86. The molecule has 5 rings (SSSR count). The van der Waals surface area contributed by atoms with E-state index in [2.05, 4.69) is 27.0 Å². The van der Waals surface area contributed by atoms with Gasteiger partial charge in [0, 0.05) is 30.1 Å². The van der Waals surface area contributed by atoms with Crippen LogP contribution in [-0.2, 0) is 0 Å². The van der Waals surface area contributed by atoms with Gasteiger partial charge in [-0.05, 0) is 75.0 Å². The summed E-state index contributed by atoms with van der Waals surface area (Å²) in [6.07, 6.45) is 11.5. The zero-order valence-corrected chi connectivity index (χ0v) is 16.4. The molecule has 4 aliphatic rings. The van der Waals surface area contributed by atoms with Gasteiger partial charge in [-0.3, -0.25) is 4.79 Å². The topological polar surface area (TPSA) is 44.4 Å². The molecule has 26 heavy (non-hydrogen) atoms. The fourth-order valence-corrected chi connectivity index (χ4v) is 5.79. The highest BCUT2D eigenvalue weighted by atomic mass is 32.1. The molecule has 0 spiro atoms. The second kappa shape index (κ2) is 7.25. The number of hydrogen-bond donors (Lipinski definition) is 2. The number of amides is 1. The van der Waals surface area contributed by atoms with Crippen LogP contribution in [0.15, 0.2) is 11.4 Å². The van der Waals surface area contributed by atoms with Gasteiger partial charge in [-0.1, -0.05) is 12.8 Å². The molecule has 5 heteroatoms. The number of thiophene rings is 1. The number of hydrogen-bond acceptors (Lipinski definition) is 4. The van der Waals surface area contributed by atoms with Gasteiger partial charge in [0.15, 0.2) is 0 Å². The average Bonchev–Trinajstić information content (AvgIpc) is 3.53. The highest BCUT2D eigenvalue weighted by Crippen LogP contribution is 2.43. The molecular formula is C21H31N3OS. The molecule has 1 saturated heterocycles. The van der Waals surface area contributed by atoms with E-state index >= 15 is 0 Å². The van der Waals surface area contributed by atoms with Crippen LogP contribution in [0.25, 0.3) is 0 Å². The molecule has 4 nitrogen and oxygen atoms in total. The van der Waals surface area contributed by atoms with Crippen LogP contribution in [-0.4, -0.2) is 48.1 Å². The first kappa shape index (κ1) is 17.2. The maximum Gasteiger partial charge on any atom is 0.261 e. The Labute approximate surface area is 160 Å². The Morgan fingerprint density at radius 3 is 2.54 bits per heavy atom. The van der Waals surface area contributed by atoms with E-state index in [9.17, 15) is 4.79 Å². The average molecular weight is 374 g/mol. The molecule has 142 valence electrons. The van der Waals surface area contributed by atoms with Crippen molar-refractivity contribution in [3.8, 4) is 0 Å². The van der Waals surface area contributed by atoms with E-state index in [0.717, 1.165) is 23.8 Å². The summed E-state index contributed by atoms with van der Waals surface area (Å²) < 4.78 is 0. The van der Waals surface area contributed by atoms with E-state index in [4.69, 9.17) is 0 Å². The Morgan fingerprint density at radius 2 is 1.81 bits per heavy atom. The number of rotatable bonds is 6. The van der Waals surface area contributed by atoms with Crippen LogP contribution < -0.4 is 10.6 Å². The predicted octanol–water partition coefficient (Wildman–Crippen LogP) is 3.49. The van der Waals surface area contributed by atoms with Gasteiger partial charge in [0.25, 0.3) is 5.91 Å². The highest BCUT2D eigenvalue weighted by Gasteiger charge is 2.41. The molecule has 2 unspecified atom stereocenters. The molecule has 3 saturated carbocycles. The van der Waals surface area contributed by atoms with Gasteiger partial charge < -0.3 is 15.5 Å². The molecule has 4 fully saturated rings. The molecular weight excluding hydrogens is 342 g/mol. The van der Waals surface area contributed by atoms with E-state index in [1.54, 1.807) is 11.3 Å². The van der Waals surface area contributed by atoms with Crippen molar-refractivity contribution in [2.75, 3.05) is 13.1 Å². The van der Waals surface area contributed by atoms with Gasteiger partial charge in [-0.2, -0.15) is 0 Å². The Kier molecular flexibility index (Phi) is 4.80. The van der Waals surface area contributed by atoms with E-state index in [0.29, 0.717) is 24.0 Å².